The fourth-order valence-electron chi connectivity index (χ4n) is 1.98. The van der Waals surface area contributed by atoms with Crippen molar-refractivity contribution in [2.75, 3.05) is 11.4 Å². The Morgan fingerprint density at radius 2 is 2.21 bits per heavy atom. The first-order chi connectivity index (χ1) is 8.90. The first-order valence-corrected chi connectivity index (χ1v) is 5.90. The van der Waals surface area contributed by atoms with Crippen LogP contribution in [0.2, 0.25) is 0 Å². The number of amides is 1. The number of anilines is 1. The van der Waals surface area contributed by atoms with E-state index in [9.17, 15) is 9.59 Å². The topological polar surface area (TPSA) is 66.8 Å². The zero-order valence-corrected chi connectivity index (χ0v) is 10.8. The Kier molecular flexibility index (Phi) is 3.29. The third kappa shape index (κ3) is 2.45. The lowest BCUT2D eigenvalue weighted by Crippen LogP contribution is -2.45. The number of hydrogen-bond donors (Lipinski definition) is 1. The minimum absolute atomic E-state index is 0.135. The number of hydrogen-bond acceptors (Lipinski definition) is 3. The van der Waals surface area contributed by atoms with E-state index in [0.717, 1.165) is 5.57 Å². The van der Waals surface area contributed by atoms with Crippen LogP contribution in [-0.4, -0.2) is 29.6 Å². The lowest BCUT2D eigenvalue weighted by molar-refractivity contribution is -0.125. The number of carbonyl (C=O) groups excluding carboxylic acids is 1. The molecule has 0 radical (unpaired) electrons. The number of carboxylic acids is 1. The number of carbonyl (C=O) groups is 2. The van der Waals surface area contributed by atoms with E-state index in [1.807, 2.05) is 6.92 Å². The molecule has 0 fully saturated rings. The lowest BCUT2D eigenvalue weighted by Gasteiger charge is -2.33. The molecule has 1 aromatic carbocycles. The van der Waals surface area contributed by atoms with E-state index in [0.29, 0.717) is 18.0 Å². The zero-order valence-electron chi connectivity index (χ0n) is 10.8. The van der Waals surface area contributed by atoms with Gasteiger partial charge in [-0.1, -0.05) is 12.2 Å². The molecule has 0 saturated heterocycles. The number of aromatic carboxylic acids is 1. The summed E-state index contributed by atoms with van der Waals surface area (Å²) >= 11 is 0. The van der Waals surface area contributed by atoms with Gasteiger partial charge in [-0.15, -0.1) is 0 Å². The highest BCUT2D eigenvalue weighted by Gasteiger charge is 2.31. The minimum atomic E-state index is -1.03. The highest BCUT2D eigenvalue weighted by atomic mass is 16.5. The van der Waals surface area contributed by atoms with Crippen LogP contribution >= 0.6 is 0 Å². The van der Waals surface area contributed by atoms with Gasteiger partial charge in [-0.25, -0.2) is 4.79 Å². The number of rotatable bonds is 3. The summed E-state index contributed by atoms with van der Waals surface area (Å²) in [5.74, 6) is -0.769. The number of carboxylic acid groups (broad SMARTS) is 1. The Labute approximate surface area is 111 Å². The molecule has 1 N–H and O–H groups in total. The second kappa shape index (κ2) is 4.76. The molecule has 19 heavy (non-hydrogen) atoms. The van der Waals surface area contributed by atoms with Gasteiger partial charge < -0.3 is 14.7 Å². The number of ether oxygens (including phenoxy) is 1. The van der Waals surface area contributed by atoms with Gasteiger partial charge in [0.15, 0.2) is 6.10 Å². The van der Waals surface area contributed by atoms with Crippen LogP contribution in [0, 0.1) is 0 Å². The molecule has 0 aliphatic carbocycles. The molecule has 100 valence electrons. The van der Waals surface area contributed by atoms with Gasteiger partial charge in [0.25, 0.3) is 5.91 Å². The highest BCUT2D eigenvalue weighted by Crippen LogP contribution is 2.35. The van der Waals surface area contributed by atoms with Crippen molar-refractivity contribution in [3.63, 3.8) is 0 Å². The maximum Gasteiger partial charge on any atom is 0.335 e. The first kappa shape index (κ1) is 13.1. The van der Waals surface area contributed by atoms with E-state index < -0.39 is 12.1 Å². The predicted molar refractivity (Wildman–Crippen MR) is 70.7 cm³/mol. The van der Waals surface area contributed by atoms with Gasteiger partial charge in [0.2, 0.25) is 0 Å². The van der Waals surface area contributed by atoms with Crippen LogP contribution in [0.1, 0.15) is 24.2 Å². The maximum absolute atomic E-state index is 12.1. The summed E-state index contributed by atoms with van der Waals surface area (Å²) in [5, 5.41) is 8.97. The Bertz CT molecular complexity index is 565. The van der Waals surface area contributed by atoms with Crippen LogP contribution in [0.15, 0.2) is 30.4 Å². The quantitative estimate of drug-likeness (QED) is 0.846. The molecular formula is C14H15NO4. The van der Waals surface area contributed by atoms with Crippen molar-refractivity contribution in [3.8, 4) is 5.75 Å². The second-order valence-electron chi connectivity index (χ2n) is 4.63. The molecule has 1 amide bonds. The van der Waals surface area contributed by atoms with E-state index in [1.54, 1.807) is 17.9 Å². The maximum atomic E-state index is 12.1. The van der Waals surface area contributed by atoms with Crippen molar-refractivity contribution in [1.29, 1.82) is 0 Å². The molecule has 1 aliphatic heterocycles. The Morgan fingerprint density at radius 1 is 1.53 bits per heavy atom. The van der Waals surface area contributed by atoms with E-state index in [-0.39, 0.29) is 11.5 Å². The largest absolute Gasteiger partial charge is 0.479 e. The average molecular weight is 261 g/mol. The smallest absolute Gasteiger partial charge is 0.335 e. The third-order valence-electron chi connectivity index (χ3n) is 2.84. The van der Waals surface area contributed by atoms with Crippen LogP contribution in [0.25, 0.3) is 0 Å². The molecule has 0 aromatic heterocycles. The molecule has 0 bridgehead atoms. The predicted octanol–water partition coefficient (Wildman–Crippen LogP) is 2.07. The van der Waals surface area contributed by atoms with Crippen LogP contribution in [0.5, 0.6) is 5.75 Å². The Balaban J connectivity index is 2.47. The average Bonchev–Trinajstić information content (AvgIpc) is 2.33. The van der Waals surface area contributed by atoms with Gasteiger partial charge in [-0.3, -0.25) is 4.79 Å². The van der Waals surface area contributed by atoms with E-state index in [1.165, 1.54) is 12.1 Å². The van der Waals surface area contributed by atoms with Crippen molar-refractivity contribution >= 4 is 17.6 Å². The molecule has 1 aliphatic rings. The number of fused-ring (bicyclic) bond motifs is 1. The van der Waals surface area contributed by atoms with Gasteiger partial charge in [-0.05, 0) is 32.0 Å². The Morgan fingerprint density at radius 3 is 2.79 bits per heavy atom. The summed E-state index contributed by atoms with van der Waals surface area (Å²) < 4.78 is 5.46. The molecule has 1 aromatic rings. The standard InChI is InChI=1S/C14H15NO4/c1-8(2)7-15-11-5-4-10(14(17)18)6-12(11)19-9(3)13(15)16/h4-6,9H,1,7H2,2-3H3,(H,17,18). The van der Waals surface area contributed by atoms with Gasteiger partial charge in [0, 0.05) is 6.54 Å². The van der Waals surface area contributed by atoms with Crippen LogP contribution < -0.4 is 9.64 Å². The molecule has 1 unspecified atom stereocenters. The van der Waals surface area contributed by atoms with Crippen LogP contribution in [0.3, 0.4) is 0 Å². The van der Waals surface area contributed by atoms with Crippen molar-refractivity contribution in [2.24, 2.45) is 0 Å². The second-order valence-corrected chi connectivity index (χ2v) is 4.63. The first-order valence-electron chi connectivity index (χ1n) is 5.90. The van der Waals surface area contributed by atoms with Crippen molar-refractivity contribution in [1.82, 2.24) is 0 Å². The zero-order chi connectivity index (χ0) is 14.2. The van der Waals surface area contributed by atoms with Gasteiger partial charge in [0.05, 0.1) is 11.3 Å². The summed E-state index contributed by atoms with van der Waals surface area (Å²) in [6.07, 6.45) is -0.629. The molecule has 0 spiro atoms. The summed E-state index contributed by atoms with van der Waals surface area (Å²) in [6, 6.07) is 4.48. The third-order valence-corrected chi connectivity index (χ3v) is 2.84. The van der Waals surface area contributed by atoms with Crippen molar-refractivity contribution in [3.05, 3.63) is 35.9 Å². The summed E-state index contributed by atoms with van der Waals surface area (Å²) in [5.41, 5.74) is 1.56. The van der Waals surface area contributed by atoms with Crippen LogP contribution in [0.4, 0.5) is 5.69 Å². The molecule has 5 heteroatoms. The summed E-state index contributed by atoms with van der Waals surface area (Å²) in [4.78, 5) is 24.6. The highest BCUT2D eigenvalue weighted by molar-refractivity contribution is 6.01. The van der Waals surface area contributed by atoms with E-state index in [2.05, 4.69) is 6.58 Å². The fraction of sp³-hybridized carbons (Fsp3) is 0.286. The van der Waals surface area contributed by atoms with Crippen molar-refractivity contribution in [2.45, 2.75) is 20.0 Å². The van der Waals surface area contributed by atoms with Crippen molar-refractivity contribution < 1.29 is 19.4 Å². The minimum Gasteiger partial charge on any atom is -0.479 e. The molecule has 2 rings (SSSR count). The molecule has 1 heterocycles. The number of benzene rings is 1. The molecular weight excluding hydrogens is 246 g/mol. The van der Waals surface area contributed by atoms with Gasteiger partial charge in [-0.2, -0.15) is 0 Å². The van der Waals surface area contributed by atoms with Crippen LogP contribution in [-0.2, 0) is 4.79 Å². The summed E-state index contributed by atoms with van der Waals surface area (Å²) in [6.45, 7) is 7.67. The molecule has 0 saturated carbocycles. The van der Waals surface area contributed by atoms with E-state index >= 15 is 0 Å². The SMILES string of the molecule is C=C(C)CN1C(=O)C(C)Oc2cc(C(=O)O)ccc21. The molecule has 5 nitrogen and oxygen atoms in total. The molecule has 1 atom stereocenters. The van der Waals surface area contributed by atoms with E-state index in [4.69, 9.17) is 9.84 Å². The lowest BCUT2D eigenvalue weighted by atomic mass is 10.1. The number of nitrogens with zero attached hydrogens (tertiary/aromatic N) is 1. The Hall–Kier alpha value is -2.30. The normalized spacial score (nSPS) is 17.7. The fourth-order valence-corrected chi connectivity index (χ4v) is 1.98. The van der Waals surface area contributed by atoms with Gasteiger partial charge in [0.1, 0.15) is 5.75 Å². The van der Waals surface area contributed by atoms with Gasteiger partial charge >= 0.3 is 5.97 Å². The summed E-state index contributed by atoms with van der Waals surface area (Å²) in [7, 11) is 0. The monoisotopic (exact) mass is 261 g/mol.